The van der Waals surface area contributed by atoms with Gasteiger partial charge in [-0.3, -0.25) is 4.90 Å². The Morgan fingerprint density at radius 2 is 0.949 bits per heavy atom. The lowest BCUT2D eigenvalue weighted by Gasteiger charge is -2.39. The summed E-state index contributed by atoms with van der Waals surface area (Å²) in [6, 6.07) is 45.0. The standard InChI is InChI=1S/C29H30N4.C22H24N4/c1-2-6-23(7-3-1)21-32-17-13-29(14-18-32)15-19-33(22-29)28-30-16-12-27(31-28)26-11-10-24-8-4-5-9-25(24)20-26;1-2-4-18-15-19(6-5-17(18)3-1)20-7-11-24-21(25-20)26-14-10-22(16-26)8-12-23-13-9-22/h1-12,16,20H,13-15,17-19,21-22H2;1-7,11,15,23H,8-10,12-14,16H2. The summed E-state index contributed by atoms with van der Waals surface area (Å²) in [6.07, 6.45) is 11.4. The third-order valence-electron chi connectivity index (χ3n) is 13.6. The van der Waals surface area contributed by atoms with Gasteiger partial charge in [-0.25, -0.2) is 19.9 Å². The van der Waals surface area contributed by atoms with E-state index in [9.17, 15) is 0 Å². The number of piperidine rings is 2. The minimum atomic E-state index is 0.412. The zero-order valence-corrected chi connectivity index (χ0v) is 34.0. The van der Waals surface area contributed by atoms with Crippen molar-refractivity contribution >= 4 is 33.4 Å². The normalized spacial score (nSPS) is 18.7. The lowest BCUT2D eigenvalue weighted by atomic mass is 9.77. The molecule has 6 heterocycles. The molecule has 2 spiro atoms. The third kappa shape index (κ3) is 8.30. The smallest absolute Gasteiger partial charge is 0.225 e. The molecule has 4 aliphatic rings. The molecule has 59 heavy (non-hydrogen) atoms. The van der Waals surface area contributed by atoms with Gasteiger partial charge in [-0.2, -0.15) is 0 Å². The molecule has 298 valence electrons. The molecule has 2 aromatic heterocycles. The summed E-state index contributed by atoms with van der Waals surface area (Å²) in [6.45, 7) is 10.0. The zero-order chi connectivity index (χ0) is 39.5. The number of benzene rings is 5. The van der Waals surface area contributed by atoms with Crippen molar-refractivity contribution in [3.8, 4) is 22.5 Å². The molecule has 0 unspecified atom stereocenters. The number of likely N-dealkylation sites (tertiary alicyclic amines) is 1. The molecule has 4 saturated heterocycles. The van der Waals surface area contributed by atoms with Gasteiger partial charge in [0, 0.05) is 56.2 Å². The van der Waals surface area contributed by atoms with Crippen LogP contribution in [0.15, 0.2) is 140 Å². The van der Waals surface area contributed by atoms with Gasteiger partial charge in [0.15, 0.2) is 0 Å². The molecule has 5 aromatic carbocycles. The number of anilines is 2. The van der Waals surface area contributed by atoms with Crippen LogP contribution in [0.3, 0.4) is 0 Å². The lowest BCUT2D eigenvalue weighted by molar-refractivity contribution is 0.115. The number of aromatic nitrogens is 4. The first kappa shape index (κ1) is 37.6. The van der Waals surface area contributed by atoms with Crippen LogP contribution in [-0.4, -0.2) is 77.2 Å². The van der Waals surface area contributed by atoms with Crippen molar-refractivity contribution < 1.29 is 0 Å². The third-order valence-corrected chi connectivity index (χ3v) is 13.6. The predicted molar refractivity (Wildman–Crippen MR) is 242 cm³/mol. The van der Waals surface area contributed by atoms with Crippen molar-refractivity contribution in [2.45, 2.75) is 45.1 Å². The van der Waals surface area contributed by atoms with Crippen molar-refractivity contribution in [1.29, 1.82) is 0 Å². The molecule has 0 aliphatic carbocycles. The second-order valence-electron chi connectivity index (χ2n) is 17.5. The molecule has 0 atom stereocenters. The monoisotopic (exact) mass is 778 g/mol. The van der Waals surface area contributed by atoms with E-state index in [4.69, 9.17) is 9.97 Å². The van der Waals surface area contributed by atoms with E-state index in [-0.39, 0.29) is 0 Å². The second kappa shape index (κ2) is 16.5. The number of fused-ring (bicyclic) bond motifs is 2. The van der Waals surface area contributed by atoms with Gasteiger partial charge in [-0.15, -0.1) is 0 Å². The number of nitrogens with zero attached hydrogens (tertiary/aromatic N) is 7. The first-order valence-electron chi connectivity index (χ1n) is 21.7. The minimum Gasteiger partial charge on any atom is -0.340 e. The van der Waals surface area contributed by atoms with Gasteiger partial charge in [0.1, 0.15) is 0 Å². The fourth-order valence-corrected chi connectivity index (χ4v) is 10.0. The quantitative estimate of drug-likeness (QED) is 0.179. The Labute approximate surface area is 348 Å². The molecule has 0 bridgehead atoms. The van der Waals surface area contributed by atoms with Crippen molar-refractivity contribution in [2.24, 2.45) is 10.8 Å². The number of nitrogens with one attached hydrogen (secondary N) is 1. The molecule has 1 N–H and O–H groups in total. The van der Waals surface area contributed by atoms with Crippen molar-refractivity contribution in [3.63, 3.8) is 0 Å². The summed E-state index contributed by atoms with van der Waals surface area (Å²) in [5.41, 5.74) is 6.61. The Morgan fingerprint density at radius 1 is 0.475 bits per heavy atom. The van der Waals surface area contributed by atoms with E-state index in [0.29, 0.717) is 10.8 Å². The van der Waals surface area contributed by atoms with Gasteiger partial charge in [0.2, 0.25) is 11.9 Å². The molecule has 4 aliphatic heterocycles. The van der Waals surface area contributed by atoms with Crippen LogP contribution < -0.4 is 15.1 Å². The molecule has 8 heteroatoms. The maximum absolute atomic E-state index is 4.98. The van der Waals surface area contributed by atoms with Crippen LogP contribution >= 0.6 is 0 Å². The molecular weight excluding hydrogens is 725 g/mol. The van der Waals surface area contributed by atoms with Gasteiger partial charge >= 0.3 is 0 Å². The summed E-state index contributed by atoms with van der Waals surface area (Å²) in [5, 5.41) is 8.51. The van der Waals surface area contributed by atoms with E-state index in [0.717, 1.165) is 80.2 Å². The number of hydrogen-bond acceptors (Lipinski definition) is 8. The Kier molecular flexibility index (Phi) is 10.5. The van der Waals surface area contributed by atoms with Gasteiger partial charge < -0.3 is 15.1 Å². The lowest BCUT2D eigenvalue weighted by Crippen LogP contribution is -2.41. The largest absolute Gasteiger partial charge is 0.340 e. The summed E-state index contributed by atoms with van der Waals surface area (Å²) in [5.74, 6) is 1.76. The highest BCUT2D eigenvalue weighted by molar-refractivity contribution is 5.87. The summed E-state index contributed by atoms with van der Waals surface area (Å²) in [4.78, 5) is 26.6. The molecule has 11 rings (SSSR count). The van der Waals surface area contributed by atoms with E-state index >= 15 is 0 Å². The first-order valence-corrected chi connectivity index (χ1v) is 21.7. The van der Waals surface area contributed by atoms with Crippen LogP contribution in [0.25, 0.3) is 44.1 Å². The van der Waals surface area contributed by atoms with Crippen LogP contribution in [0.5, 0.6) is 0 Å². The van der Waals surface area contributed by atoms with E-state index in [1.165, 1.54) is 78.7 Å². The molecule has 0 amide bonds. The summed E-state index contributed by atoms with van der Waals surface area (Å²) >= 11 is 0. The number of hydrogen-bond donors (Lipinski definition) is 1. The van der Waals surface area contributed by atoms with E-state index in [1.54, 1.807) is 0 Å². The highest BCUT2D eigenvalue weighted by Crippen LogP contribution is 2.42. The van der Waals surface area contributed by atoms with Crippen LogP contribution in [0, 0.1) is 10.8 Å². The highest BCUT2D eigenvalue weighted by atomic mass is 15.3. The minimum absolute atomic E-state index is 0.412. The molecule has 8 nitrogen and oxygen atoms in total. The van der Waals surface area contributed by atoms with E-state index < -0.39 is 0 Å². The van der Waals surface area contributed by atoms with Crippen molar-refractivity contribution in [3.05, 3.63) is 145 Å². The first-order chi connectivity index (χ1) is 29.1. The fourth-order valence-electron chi connectivity index (χ4n) is 10.0. The topological polar surface area (TPSA) is 73.3 Å². The fraction of sp³-hybridized carbons (Fsp3) is 0.333. The van der Waals surface area contributed by atoms with Crippen molar-refractivity contribution in [2.75, 3.05) is 62.2 Å². The molecule has 0 saturated carbocycles. The summed E-state index contributed by atoms with van der Waals surface area (Å²) in [7, 11) is 0. The Morgan fingerprint density at radius 3 is 1.49 bits per heavy atom. The van der Waals surface area contributed by atoms with E-state index in [2.05, 4.69) is 145 Å². The molecular formula is C51H54N8. The summed E-state index contributed by atoms with van der Waals surface area (Å²) < 4.78 is 0. The maximum atomic E-state index is 4.98. The predicted octanol–water partition coefficient (Wildman–Crippen LogP) is 9.67. The van der Waals surface area contributed by atoms with Crippen molar-refractivity contribution in [1.82, 2.24) is 30.2 Å². The zero-order valence-electron chi connectivity index (χ0n) is 34.0. The van der Waals surface area contributed by atoms with Gasteiger partial charge in [-0.05, 0) is 127 Å². The SMILES string of the molecule is c1ccc(CN2CCC3(CC2)CCN(c2nccc(-c4ccc5ccccc5c4)n2)C3)cc1.c1ccc2cc(-c3ccnc(N4CCC5(CCNCC5)C4)n3)ccc2c1. The van der Waals surface area contributed by atoms with E-state index in [1.807, 2.05) is 24.5 Å². The number of rotatable bonds is 6. The molecule has 4 fully saturated rings. The molecule has 0 radical (unpaired) electrons. The van der Waals surface area contributed by atoms with Crippen LogP contribution in [0.4, 0.5) is 11.9 Å². The Hall–Kier alpha value is -5.70. The van der Waals surface area contributed by atoms with Crippen LogP contribution in [0.1, 0.15) is 44.1 Å². The van der Waals surface area contributed by atoms with Gasteiger partial charge in [0.25, 0.3) is 0 Å². The van der Waals surface area contributed by atoms with Crippen LogP contribution in [0.2, 0.25) is 0 Å². The Bertz CT molecular complexity index is 2520. The second-order valence-corrected chi connectivity index (χ2v) is 17.5. The average molecular weight is 779 g/mol. The Balaban J connectivity index is 0.000000147. The highest BCUT2D eigenvalue weighted by Gasteiger charge is 2.42. The average Bonchev–Trinajstić information content (AvgIpc) is 3.92. The van der Waals surface area contributed by atoms with Gasteiger partial charge in [0.05, 0.1) is 11.4 Å². The maximum Gasteiger partial charge on any atom is 0.225 e. The molecule has 7 aromatic rings. The van der Waals surface area contributed by atoms with Gasteiger partial charge in [-0.1, -0.05) is 103 Å². The van der Waals surface area contributed by atoms with Crippen LogP contribution in [-0.2, 0) is 6.54 Å².